The summed E-state index contributed by atoms with van der Waals surface area (Å²) in [5.41, 5.74) is 0.473. The fraction of sp³-hybridized carbons (Fsp3) is 0.400. The molecule has 0 saturated carbocycles. The van der Waals surface area contributed by atoms with Crippen LogP contribution in [0.25, 0.3) is 0 Å². The first-order valence-electron chi connectivity index (χ1n) is 5.28. The van der Waals surface area contributed by atoms with E-state index >= 15 is 0 Å². The van der Waals surface area contributed by atoms with Crippen LogP contribution in [0.2, 0.25) is 0 Å². The van der Waals surface area contributed by atoms with E-state index in [1.54, 1.807) is 24.3 Å². The average molecular weight is 371 g/mol. The van der Waals surface area contributed by atoms with E-state index in [0.29, 0.717) is 10.2 Å². The molecule has 0 amide bonds. The summed E-state index contributed by atoms with van der Waals surface area (Å²) >= 11 is 3.28. The lowest BCUT2D eigenvalue weighted by atomic mass is 10.3. The lowest BCUT2D eigenvalue weighted by molar-refractivity contribution is 0.583. The van der Waals surface area contributed by atoms with Gasteiger partial charge in [0.05, 0.1) is 18.2 Å². The Morgan fingerprint density at radius 2 is 1.74 bits per heavy atom. The maximum atomic E-state index is 11.8. The first-order valence-corrected chi connectivity index (χ1v) is 9.81. The molecule has 0 bridgehead atoms. The second-order valence-corrected chi connectivity index (χ2v) is 8.55. The molecule has 1 aromatic rings. The Morgan fingerprint density at radius 3 is 2.21 bits per heavy atom. The lowest BCUT2D eigenvalue weighted by Gasteiger charge is -2.23. The first-order chi connectivity index (χ1) is 8.61. The van der Waals surface area contributed by atoms with Crippen molar-refractivity contribution in [1.29, 1.82) is 0 Å². The third-order valence-corrected chi connectivity index (χ3v) is 4.78. The Morgan fingerprint density at radius 1 is 1.16 bits per heavy atom. The molecular formula is C10H15BrN2O4S2. The third kappa shape index (κ3) is 5.47. The third-order valence-electron chi connectivity index (χ3n) is 2.20. The van der Waals surface area contributed by atoms with Gasteiger partial charge in [0.1, 0.15) is 0 Å². The maximum Gasteiger partial charge on any atom is 0.232 e. The van der Waals surface area contributed by atoms with Gasteiger partial charge in [-0.15, -0.1) is 0 Å². The number of sulfonamides is 2. The number of hydrogen-bond donors (Lipinski definition) is 1. The Labute approximate surface area is 122 Å². The summed E-state index contributed by atoms with van der Waals surface area (Å²) in [6.07, 6.45) is 2.10. The van der Waals surface area contributed by atoms with Crippen LogP contribution in [0, 0.1) is 0 Å². The van der Waals surface area contributed by atoms with Crippen LogP contribution in [0.5, 0.6) is 0 Å². The van der Waals surface area contributed by atoms with Gasteiger partial charge in [0.25, 0.3) is 0 Å². The minimum Gasteiger partial charge on any atom is -0.268 e. The highest BCUT2D eigenvalue weighted by Crippen LogP contribution is 2.27. The van der Waals surface area contributed by atoms with E-state index < -0.39 is 20.0 Å². The molecule has 0 aliphatic carbocycles. The monoisotopic (exact) mass is 370 g/mol. The molecule has 0 spiro atoms. The normalized spacial score (nSPS) is 12.4. The first kappa shape index (κ1) is 16.4. The molecule has 0 fully saturated rings. The fourth-order valence-corrected chi connectivity index (χ4v) is 3.47. The van der Waals surface area contributed by atoms with Crippen LogP contribution in [0.1, 0.15) is 0 Å². The summed E-state index contributed by atoms with van der Waals surface area (Å²) in [5.74, 6) is 0. The summed E-state index contributed by atoms with van der Waals surface area (Å²) in [6.45, 7) is 0.0295. The van der Waals surface area contributed by atoms with Gasteiger partial charge in [0, 0.05) is 17.6 Å². The minimum absolute atomic E-state index is 0.00718. The zero-order valence-corrected chi connectivity index (χ0v) is 13.7. The van der Waals surface area contributed by atoms with Gasteiger partial charge in [-0.1, -0.05) is 12.1 Å². The van der Waals surface area contributed by atoms with Crippen LogP contribution >= 0.6 is 15.9 Å². The van der Waals surface area contributed by atoms with Crippen molar-refractivity contribution in [2.45, 2.75) is 0 Å². The second kappa shape index (κ2) is 6.21. The molecule has 6 nitrogen and oxygen atoms in total. The molecule has 0 aliphatic heterocycles. The fourth-order valence-electron chi connectivity index (χ4n) is 1.45. The zero-order chi connectivity index (χ0) is 14.7. The van der Waals surface area contributed by atoms with Crippen LogP contribution in [0.4, 0.5) is 5.69 Å². The summed E-state index contributed by atoms with van der Waals surface area (Å²) in [6, 6.07) is 6.84. The van der Waals surface area contributed by atoms with Gasteiger partial charge in [-0.3, -0.25) is 4.31 Å². The summed E-state index contributed by atoms with van der Waals surface area (Å²) in [4.78, 5) is 0. The van der Waals surface area contributed by atoms with Gasteiger partial charge in [0.2, 0.25) is 20.0 Å². The molecule has 0 aromatic heterocycles. The van der Waals surface area contributed by atoms with Crippen molar-refractivity contribution in [2.24, 2.45) is 0 Å². The van der Waals surface area contributed by atoms with E-state index in [1.807, 2.05) is 0 Å². The molecule has 19 heavy (non-hydrogen) atoms. The lowest BCUT2D eigenvalue weighted by Crippen LogP contribution is -2.38. The van der Waals surface area contributed by atoms with Gasteiger partial charge < -0.3 is 0 Å². The number of anilines is 1. The van der Waals surface area contributed by atoms with E-state index in [4.69, 9.17) is 0 Å². The van der Waals surface area contributed by atoms with E-state index in [1.165, 1.54) is 0 Å². The van der Waals surface area contributed by atoms with Crippen molar-refractivity contribution < 1.29 is 16.8 Å². The smallest absolute Gasteiger partial charge is 0.232 e. The predicted octanol–water partition coefficient (Wildman–Crippen LogP) is 0.764. The van der Waals surface area contributed by atoms with Crippen molar-refractivity contribution in [3.05, 3.63) is 28.7 Å². The highest BCUT2D eigenvalue weighted by atomic mass is 79.9. The van der Waals surface area contributed by atoms with Gasteiger partial charge >= 0.3 is 0 Å². The zero-order valence-electron chi connectivity index (χ0n) is 10.5. The van der Waals surface area contributed by atoms with Crippen LogP contribution in [0.3, 0.4) is 0 Å². The number of halogens is 1. The number of hydrogen-bond acceptors (Lipinski definition) is 4. The molecule has 0 radical (unpaired) electrons. The molecule has 0 atom stereocenters. The quantitative estimate of drug-likeness (QED) is 0.801. The molecule has 0 aliphatic rings. The van der Waals surface area contributed by atoms with E-state index in [9.17, 15) is 16.8 Å². The van der Waals surface area contributed by atoms with Gasteiger partial charge in [0.15, 0.2) is 0 Å². The largest absolute Gasteiger partial charge is 0.268 e. The van der Waals surface area contributed by atoms with Crippen molar-refractivity contribution in [3.63, 3.8) is 0 Å². The molecular weight excluding hydrogens is 356 g/mol. The Kier molecular flexibility index (Phi) is 5.36. The van der Waals surface area contributed by atoms with Gasteiger partial charge in [-0.25, -0.2) is 21.6 Å². The molecule has 1 rings (SSSR count). The minimum atomic E-state index is -3.49. The molecule has 0 unspecified atom stereocenters. The summed E-state index contributed by atoms with van der Waals surface area (Å²) < 4.78 is 49.5. The second-order valence-electron chi connectivity index (χ2n) is 3.95. The number of benzene rings is 1. The predicted molar refractivity (Wildman–Crippen MR) is 79.2 cm³/mol. The highest BCUT2D eigenvalue weighted by molar-refractivity contribution is 9.10. The van der Waals surface area contributed by atoms with Crippen LogP contribution in [-0.4, -0.2) is 42.4 Å². The van der Waals surface area contributed by atoms with Crippen molar-refractivity contribution in [3.8, 4) is 0 Å². The van der Waals surface area contributed by atoms with Crippen LogP contribution in [-0.2, 0) is 20.0 Å². The number of rotatable bonds is 6. The van der Waals surface area contributed by atoms with E-state index in [2.05, 4.69) is 20.7 Å². The average Bonchev–Trinajstić information content (AvgIpc) is 2.23. The topological polar surface area (TPSA) is 83.6 Å². The van der Waals surface area contributed by atoms with E-state index in [0.717, 1.165) is 16.8 Å². The molecule has 0 heterocycles. The molecule has 1 aromatic carbocycles. The maximum absolute atomic E-state index is 11.8. The number of nitrogens with zero attached hydrogens (tertiary/aromatic N) is 1. The van der Waals surface area contributed by atoms with Crippen LogP contribution in [0.15, 0.2) is 28.7 Å². The number of para-hydroxylation sites is 1. The van der Waals surface area contributed by atoms with Crippen molar-refractivity contribution in [2.75, 3.05) is 29.9 Å². The van der Waals surface area contributed by atoms with Crippen LogP contribution < -0.4 is 9.03 Å². The summed E-state index contributed by atoms with van der Waals surface area (Å²) in [5, 5.41) is 0. The summed E-state index contributed by atoms with van der Waals surface area (Å²) in [7, 11) is -6.83. The molecule has 0 saturated heterocycles. The molecule has 9 heteroatoms. The number of nitrogens with one attached hydrogen (secondary N) is 1. The standard InChI is InChI=1S/C10H15BrN2O4S2/c1-18(14,15)12-7-8-13(19(2,16)17)10-6-4-3-5-9(10)11/h3-6,12H,7-8H2,1-2H3. The Bertz CT molecular complexity index is 643. The highest BCUT2D eigenvalue weighted by Gasteiger charge is 2.19. The Hall–Kier alpha value is -0.640. The van der Waals surface area contributed by atoms with Crippen molar-refractivity contribution in [1.82, 2.24) is 4.72 Å². The molecule has 1 N–H and O–H groups in total. The SMILES string of the molecule is CS(=O)(=O)NCCN(c1ccccc1Br)S(C)(=O)=O. The van der Waals surface area contributed by atoms with Gasteiger partial charge in [-0.05, 0) is 28.1 Å². The van der Waals surface area contributed by atoms with Crippen molar-refractivity contribution >= 4 is 41.7 Å². The van der Waals surface area contributed by atoms with Gasteiger partial charge in [-0.2, -0.15) is 0 Å². The Balaban J connectivity index is 2.96. The molecule has 108 valence electrons. The van der Waals surface area contributed by atoms with E-state index in [-0.39, 0.29) is 13.1 Å².